The van der Waals surface area contributed by atoms with Crippen LogP contribution in [0.3, 0.4) is 0 Å². The van der Waals surface area contributed by atoms with Crippen molar-refractivity contribution < 1.29 is 4.79 Å². The van der Waals surface area contributed by atoms with E-state index in [-0.39, 0.29) is 17.4 Å². The average Bonchev–Trinajstić information content (AvgIpc) is 3.20. The first kappa shape index (κ1) is 13.9. The standard InChI is InChI=1S/C16H21ClN2O/c1-19-9-3-6-14(11-19)18-15(20)16(7-8-16)12-4-2-5-13(17)10-12/h2,4-5,10,14H,3,6-9,11H2,1H3,(H,18,20)/t14-/m1/s1. The number of benzene rings is 1. The second-order valence-electron chi connectivity index (χ2n) is 6.17. The van der Waals surface area contributed by atoms with Crippen molar-refractivity contribution in [1.29, 1.82) is 0 Å². The molecule has 1 amide bonds. The van der Waals surface area contributed by atoms with Gasteiger partial charge in [0.25, 0.3) is 0 Å². The lowest BCUT2D eigenvalue weighted by atomic mass is 9.94. The Morgan fingerprint density at radius 1 is 1.45 bits per heavy atom. The van der Waals surface area contributed by atoms with Crippen molar-refractivity contribution in [3.8, 4) is 0 Å². The number of amides is 1. The van der Waals surface area contributed by atoms with Gasteiger partial charge in [-0.1, -0.05) is 23.7 Å². The maximum Gasteiger partial charge on any atom is 0.230 e. The molecule has 3 rings (SSSR count). The molecule has 0 aromatic heterocycles. The molecule has 1 saturated carbocycles. The van der Waals surface area contributed by atoms with E-state index >= 15 is 0 Å². The van der Waals surface area contributed by atoms with Gasteiger partial charge in [-0.15, -0.1) is 0 Å². The smallest absolute Gasteiger partial charge is 0.230 e. The van der Waals surface area contributed by atoms with E-state index in [0.717, 1.165) is 44.3 Å². The minimum atomic E-state index is -0.319. The second-order valence-corrected chi connectivity index (χ2v) is 6.60. The SMILES string of the molecule is CN1CCC[C@@H](NC(=O)C2(c3cccc(Cl)c3)CC2)C1. The fourth-order valence-electron chi connectivity index (χ4n) is 3.17. The third kappa shape index (κ3) is 2.70. The summed E-state index contributed by atoms with van der Waals surface area (Å²) in [4.78, 5) is 14.9. The number of hydrogen-bond acceptors (Lipinski definition) is 2. The molecule has 108 valence electrons. The Hall–Kier alpha value is -1.06. The fraction of sp³-hybridized carbons (Fsp3) is 0.562. The van der Waals surface area contributed by atoms with Crippen LogP contribution in [0.1, 0.15) is 31.2 Å². The first-order valence-corrected chi connectivity index (χ1v) is 7.73. The number of carbonyl (C=O) groups is 1. The van der Waals surface area contributed by atoms with E-state index < -0.39 is 0 Å². The molecular weight excluding hydrogens is 272 g/mol. The monoisotopic (exact) mass is 292 g/mol. The van der Waals surface area contributed by atoms with Gasteiger partial charge >= 0.3 is 0 Å². The molecular formula is C16H21ClN2O. The Morgan fingerprint density at radius 2 is 2.25 bits per heavy atom. The zero-order valence-electron chi connectivity index (χ0n) is 11.9. The Morgan fingerprint density at radius 3 is 2.90 bits per heavy atom. The number of rotatable bonds is 3. The maximum atomic E-state index is 12.6. The van der Waals surface area contributed by atoms with Crippen molar-refractivity contribution in [1.82, 2.24) is 10.2 Å². The average molecular weight is 293 g/mol. The number of likely N-dealkylation sites (tertiary alicyclic amines) is 1. The van der Waals surface area contributed by atoms with Crippen LogP contribution in [0.4, 0.5) is 0 Å². The van der Waals surface area contributed by atoms with Gasteiger partial charge in [0, 0.05) is 17.6 Å². The van der Waals surface area contributed by atoms with Crippen LogP contribution < -0.4 is 5.32 Å². The Labute approximate surface area is 125 Å². The highest BCUT2D eigenvalue weighted by molar-refractivity contribution is 6.30. The molecule has 1 N–H and O–H groups in total. The molecule has 1 saturated heterocycles. The van der Waals surface area contributed by atoms with E-state index in [1.807, 2.05) is 24.3 Å². The molecule has 20 heavy (non-hydrogen) atoms. The van der Waals surface area contributed by atoms with Crippen molar-refractivity contribution in [2.75, 3.05) is 20.1 Å². The number of hydrogen-bond donors (Lipinski definition) is 1. The van der Waals surface area contributed by atoms with E-state index in [9.17, 15) is 4.79 Å². The minimum Gasteiger partial charge on any atom is -0.351 e. The van der Waals surface area contributed by atoms with Gasteiger partial charge in [-0.25, -0.2) is 0 Å². The van der Waals surface area contributed by atoms with E-state index in [1.165, 1.54) is 0 Å². The van der Waals surface area contributed by atoms with Crippen molar-refractivity contribution >= 4 is 17.5 Å². The van der Waals surface area contributed by atoms with Crippen LogP contribution in [-0.4, -0.2) is 37.0 Å². The fourth-order valence-corrected chi connectivity index (χ4v) is 3.36. The number of carbonyl (C=O) groups excluding carboxylic acids is 1. The molecule has 0 radical (unpaired) electrons. The van der Waals surface area contributed by atoms with Crippen LogP contribution in [0.15, 0.2) is 24.3 Å². The second kappa shape index (κ2) is 5.38. The van der Waals surface area contributed by atoms with Crippen molar-refractivity contribution in [2.24, 2.45) is 0 Å². The molecule has 1 aliphatic carbocycles. The summed E-state index contributed by atoms with van der Waals surface area (Å²) in [5.41, 5.74) is 0.743. The molecule has 0 spiro atoms. The number of halogens is 1. The molecule has 2 aliphatic rings. The first-order valence-electron chi connectivity index (χ1n) is 7.36. The predicted molar refractivity (Wildman–Crippen MR) is 81.0 cm³/mol. The summed E-state index contributed by atoms with van der Waals surface area (Å²) in [7, 11) is 2.11. The van der Waals surface area contributed by atoms with Gasteiger partial charge in [-0.05, 0) is 57.0 Å². The van der Waals surface area contributed by atoms with Crippen molar-refractivity contribution in [3.05, 3.63) is 34.9 Å². The molecule has 3 nitrogen and oxygen atoms in total. The van der Waals surface area contributed by atoms with Crippen molar-refractivity contribution in [3.63, 3.8) is 0 Å². The zero-order chi connectivity index (χ0) is 14.2. The summed E-state index contributed by atoms with van der Waals surface area (Å²) in [6.07, 6.45) is 4.11. The molecule has 0 unspecified atom stereocenters. The molecule has 1 aromatic rings. The number of piperidine rings is 1. The largest absolute Gasteiger partial charge is 0.351 e. The van der Waals surface area contributed by atoms with Crippen LogP contribution in [0, 0.1) is 0 Å². The van der Waals surface area contributed by atoms with Gasteiger partial charge in [-0.2, -0.15) is 0 Å². The summed E-state index contributed by atoms with van der Waals surface area (Å²) in [6, 6.07) is 8.03. The molecule has 1 heterocycles. The summed E-state index contributed by atoms with van der Waals surface area (Å²) < 4.78 is 0. The van der Waals surface area contributed by atoms with E-state index in [0.29, 0.717) is 5.02 Å². The highest BCUT2D eigenvalue weighted by atomic mass is 35.5. The highest BCUT2D eigenvalue weighted by Crippen LogP contribution is 2.49. The third-order valence-corrected chi connectivity index (χ3v) is 4.76. The molecule has 4 heteroatoms. The Kier molecular flexibility index (Phi) is 3.74. The van der Waals surface area contributed by atoms with Gasteiger partial charge in [0.1, 0.15) is 0 Å². The van der Waals surface area contributed by atoms with Crippen LogP contribution in [-0.2, 0) is 10.2 Å². The number of likely N-dealkylation sites (N-methyl/N-ethyl adjacent to an activating group) is 1. The Balaban J connectivity index is 1.70. The van der Waals surface area contributed by atoms with Gasteiger partial charge in [0.05, 0.1) is 5.41 Å². The zero-order valence-corrected chi connectivity index (χ0v) is 12.6. The molecule has 1 aromatic carbocycles. The minimum absolute atomic E-state index is 0.181. The predicted octanol–water partition coefficient (Wildman–Crippen LogP) is 2.58. The lowest BCUT2D eigenvalue weighted by Gasteiger charge is -2.31. The van der Waals surface area contributed by atoms with Crippen LogP contribution in [0.25, 0.3) is 0 Å². The van der Waals surface area contributed by atoms with Crippen molar-refractivity contribution in [2.45, 2.75) is 37.1 Å². The molecule has 0 bridgehead atoms. The number of nitrogens with zero attached hydrogens (tertiary/aromatic N) is 1. The summed E-state index contributed by atoms with van der Waals surface area (Å²) in [5.74, 6) is 0.181. The first-order chi connectivity index (χ1) is 9.60. The van der Waals surface area contributed by atoms with Crippen LogP contribution in [0.2, 0.25) is 5.02 Å². The van der Waals surface area contributed by atoms with E-state index in [1.54, 1.807) is 0 Å². The van der Waals surface area contributed by atoms with Gasteiger partial charge in [0.2, 0.25) is 5.91 Å². The molecule has 2 fully saturated rings. The van der Waals surface area contributed by atoms with E-state index in [4.69, 9.17) is 11.6 Å². The number of nitrogens with one attached hydrogen (secondary N) is 1. The normalized spacial score (nSPS) is 25.2. The van der Waals surface area contributed by atoms with Crippen LogP contribution >= 0.6 is 11.6 Å². The summed E-state index contributed by atoms with van der Waals surface area (Å²) in [6.45, 7) is 2.09. The lowest BCUT2D eigenvalue weighted by molar-refractivity contribution is -0.124. The molecule has 1 atom stereocenters. The lowest BCUT2D eigenvalue weighted by Crippen LogP contribution is -2.49. The maximum absolute atomic E-state index is 12.6. The molecule has 1 aliphatic heterocycles. The summed E-state index contributed by atoms with van der Waals surface area (Å²) >= 11 is 6.06. The van der Waals surface area contributed by atoms with Gasteiger partial charge in [-0.3, -0.25) is 4.79 Å². The van der Waals surface area contributed by atoms with Gasteiger partial charge in [0.15, 0.2) is 0 Å². The quantitative estimate of drug-likeness (QED) is 0.929. The Bertz CT molecular complexity index is 513. The highest BCUT2D eigenvalue weighted by Gasteiger charge is 2.51. The van der Waals surface area contributed by atoms with Crippen LogP contribution in [0.5, 0.6) is 0 Å². The van der Waals surface area contributed by atoms with E-state index in [2.05, 4.69) is 17.3 Å². The summed E-state index contributed by atoms with van der Waals surface area (Å²) in [5, 5.41) is 3.95. The topological polar surface area (TPSA) is 32.3 Å². The van der Waals surface area contributed by atoms with Gasteiger partial charge < -0.3 is 10.2 Å². The third-order valence-electron chi connectivity index (χ3n) is 4.52.